The zero-order valence-corrected chi connectivity index (χ0v) is 16.8. The Hall–Kier alpha value is -2.77. The van der Waals surface area contributed by atoms with E-state index in [9.17, 15) is 9.59 Å². The van der Waals surface area contributed by atoms with Crippen LogP contribution in [0.4, 0.5) is 5.69 Å². The molecule has 0 saturated heterocycles. The summed E-state index contributed by atoms with van der Waals surface area (Å²) in [6.45, 7) is 1.74. The number of amides is 1. The van der Waals surface area contributed by atoms with Crippen molar-refractivity contribution >= 4 is 35.0 Å². The van der Waals surface area contributed by atoms with Gasteiger partial charge in [0.25, 0.3) is 5.56 Å². The molecule has 1 heterocycles. The molecular weight excluding hydrogens is 398 g/mol. The van der Waals surface area contributed by atoms with Crippen LogP contribution in [0.15, 0.2) is 64.5 Å². The molecule has 0 aliphatic rings. The first-order valence-corrected chi connectivity index (χ1v) is 9.70. The van der Waals surface area contributed by atoms with Crippen molar-refractivity contribution in [3.63, 3.8) is 0 Å². The number of hydrogen-bond acceptors (Lipinski definition) is 5. The zero-order chi connectivity index (χ0) is 20.1. The number of nitrogens with one attached hydrogen (secondary N) is 2. The van der Waals surface area contributed by atoms with E-state index in [-0.39, 0.29) is 11.5 Å². The Balaban J connectivity index is 1.73. The van der Waals surface area contributed by atoms with Crippen molar-refractivity contribution in [3.05, 3.63) is 70.0 Å². The maximum Gasteiger partial charge on any atom is 0.252 e. The number of rotatable bonds is 6. The topological polar surface area (TPSA) is 84.1 Å². The minimum absolute atomic E-state index is 0.237. The third-order valence-electron chi connectivity index (χ3n) is 3.87. The Morgan fingerprint density at radius 1 is 1.21 bits per heavy atom. The number of carbonyl (C=O) groups is 1. The number of aromatic nitrogens is 2. The predicted molar refractivity (Wildman–Crippen MR) is 112 cm³/mol. The van der Waals surface area contributed by atoms with E-state index < -0.39 is 5.25 Å². The molecule has 1 atom stereocenters. The molecule has 3 rings (SSSR count). The van der Waals surface area contributed by atoms with Crippen molar-refractivity contribution in [2.24, 2.45) is 0 Å². The van der Waals surface area contributed by atoms with Crippen molar-refractivity contribution in [2.75, 3.05) is 12.4 Å². The molecule has 1 amide bonds. The molecule has 6 nitrogen and oxygen atoms in total. The Kier molecular flexibility index (Phi) is 6.38. The van der Waals surface area contributed by atoms with Crippen LogP contribution in [0.5, 0.6) is 5.75 Å². The molecule has 0 aliphatic carbocycles. The number of methoxy groups -OCH3 is 1. The molecule has 0 saturated carbocycles. The molecule has 1 unspecified atom stereocenters. The number of H-pyrrole nitrogens is 1. The third kappa shape index (κ3) is 4.94. The van der Waals surface area contributed by atoms with Crippen LogP contribution in [0, 0.1) is 0 Å². The van der Waals surface area contributed by atoms with Gasteiger partial charge in [-0.15, -0.1) is 0 Å². The van der Waals surface area contributed by atoms with Gasteiger partial charge < -0.3 is 15.0 Å². The first-order chi connectivity index (χ1) is 13.5. The van der Waals surface area contributed by atoms with E-state index in [1.165, 1.54) is 24.9 Å². The van der Waals surface area contributed by atoms with Crippen LogP contribution in [0.2, 0.25) is 5.02 Å². The minimum Gasteiger partial charge on any atom is -0.495 e. The highest BCUT2D eigenvalue weighted by atomic mass is 35.5. The quantitative estimate of drug-likeness (QED) is 0.465. The molecule has 8 heteroatoms. The van der Waals surface area contributed by atoms with Gasteiger partial charge in [-0.25, -0.2) is 4.98 Å². The average molecular weight is 416 g/mol. The lowest BCUT2D eigenvalue weighted by Crippen LogP contribution is -2.23. The highest BCUT2D eigenvalue weighted by molar-refractivity contribution is 8.00. The van der Waals surface area contributed by atoms with Gasteiger partial charge in [0.15, 0.2) is 5.16 Å². The van der Waals surface area contributed by atoms with Gasteiger partial charge in [-0.05, 0) is 25.1 Å². The maximum atomic E-state index is 12.5. The highest BCUT2D eigenvalue weighted by Gasteiger charge is 2.17. The fourth-order valence-electron chi connectivity index (χ4n) is 2.46. The summed E-state index contributed by atoms with van der Waals surface area (Å²) in [5, 5.41) is 3.09. The van der Waals surface area contributed by atoms with Crippen LogP contribution in [0.1, 0.15) is 6.92 Å². The summed E-state index contributed by atoms with van der Waals surface area (Å²) in [5.41, 5.74) is 1.68. The van der Waals surface area contributed by atoms with Gasteiger partial charge in [-0.2, -0.15) is 0 Å². The maximum absolute atomic E-state index is 12.5. The number of halogens is 1. The molecule has 0 radical (unpaired) electrons. The van der Waals surface area contributed by atoms with E-state index in [2.05, 4.69) is 15.3 Å². The smallest absolute Gasteiger partial charge is 0.252 e. The second kappa shape index (κ2) is 8.95. The first kappa shape index (κ1) is 20.0. The third-order valence-corrected chi connectivity index (χ3v) is 5.15. The number of nitrogens with zero attached hydrogens (tertiary/aromatic N) is 1. The monoisotopic (exact) mass is 415 g/mol. The largest absolute Gasteiger partial charge is 0.495 e. The molecular formula is C20H18ClN3O3S. The molecule has 0 spiro atoms. The van der Waals surface area contributed by atoms with E-state index in [0.29, 0.717) is 27.3 Å². The predicted octanol–water partition coefficient (Wildman–Crippen LogP) is 4.22. The van der Waals surface area contributed by atoms with Gasteiger partial charge in [0, 0.05) is 17.3 Å². The summed E-state index contributed by atoms with van der Waals surface area (Å²) >= 11 is 7.25. The average Bonchev–Trinajstić information content (AvgIpc) is 2.68. The standard InChI is InChI=1S/C20H18ClN3O3S/c1-12(19(26)22-14-8-9-17(27-2)15(21)10-14)28-20-23-16(11-18(25)24-20)13-6-4-3-5-7-13/h3-12H,1-2H3,(H,22,26)(H,23,24,25). The van der Waals surface area contributed by atoms with Gasteiger partial charge >= 0.3 is 0 Å². The Bertz CT molecular complexity index is 1040. The molecule has 1 aromatic heterocycles. The van der Waals surface area contributed by atoms with Crippen LogP contribution in [0.25, 0.3) is 11.3 Å². The van der Waals surface area contributed by atoms with E-state index in [1.807, 2.05) is 30.3 Å². The summed E-state index contributed by atoms with van der Waals surface area (Å²) in [7, 11) is 1.52. The van der Waals surface area contributed by atoms with E-state index in [0.717, 1.165) is 5.56 Å². The van der Waals surface area contributed by atoms with Crippen LogP contribution in [-0.2, 0) is 4.79 Å². The van der Waals surface area contributed by atoms with E-state index in [1.54, 1.807) is 25.1 Å². The molecule has 3 aromatic rings. The lowest BCUT2D eigenvalue weighted by Gasteiger charge is -2.13. The van der Waals surface area contributed by atoms with Crippen molar-refractivity contribution in [3.8, 4) is 17.0 Å². The summed E-state index contributed by atoms with van der Waals surface area (Å²) < 4.78 is 5.10. The lowest BCUT2D eigenvalue weighted by atomic mass is 10.1. The zero-order valence-electron chi connectivity index (χ0n) is 15.2. The molecule has 144 valence electrons. The number of hydrogen-bond donors (Lipinski definition) is 2. The Morgan fingerprint density at radius 3 is 2.64 bits per heavy atom. The number of carbonyl (C=O) groups excluding carboxylic acids is 1. The summed E-state index contributed by atoms with van der Waals surface area (Å²) in [6, 6.07) is 15.8. The fraction of sp³-hybridized carbons (Fsp3) is 0.150. The number of thioether (sulfide) groups is 1. The van der Waals surface area contributed by atoms with Crippen LogP contribution >= 0.6 is 23.4 Å². The second-order valence-electron chi connectivity index (χ2n) is 5.90. The van der Waals surface area contributed by atoms with Crippen molar-refractivity contribution in [2.45, 2.75) is 17.3 Å². The highest BCUT2D eigenvalue weighted by Crippen LogP contribution is 2.28. The normalized spacial score (nSPS) is 11.7. The SMILES string of the molecule is COc1ccc(NC(=O)C(C)Sc2nc(-c3ccccc3)cc(=O)[nH]2)cc1Cl. The Labute approximate surface area is 171 Å². The van der Waals surface area contributed by atoms with Gasteiger partial charge in [0.1, 0.15) is 5.75 Å². The molecule has 2 aromatic carbocycles. The number of ether oxygens (including phenoxy) is 1. The van der Waals surface area contributed by atoms with E-state index >= 15 is 0 Å². The van der Waals surface area contributed by atoms with Gasteiger partial charge in [-0.1, -0.05) is 53.7 Å². The minimum atomic E-state index is -0.491. The van der Waals surface area contributed by atoms with Crippen molar-refractivity contribution in [1.82, 2.24) is 9.97 Å². The summed E-state index contributed by atoms with van der Waals surface area (Å²) in [6.07, 6.45) is 0. The van der Waals surface area contributed by atoms with Crippen LogP contribution in [-0.4, -0.2) is 28.2 Å². The fourth-order valence-corrected chi connectivity index (χ4v) is 3.53. The lowest BCUT2D eigenvalue weighted by molar-refractivity contribution is -0.115. The van der Waals surface area contributed by atoms with Gasteiger partial charge in [-0.3, -0.25) is 9.59 Å². The van der Waals surface area contributed by atoms with Crippen molar-refractivity contribution < 1.29 is 9.53 Å². The number of anilines is 1. The summed E-state index contributed by atoms with van der Waals surface area (Å²) in [5.74, 6) is 0.292. The van der Waals surface area contributed by atoms with Crippen molar-refractivity contribution in [1.29, 1.82) is 0 Å². The number of aromatic amines is 1. The molecule has 0 aliphatic heterocycles. The first-order valence-electron chi connectivity index (χ1n) is 8.44. The Morgan fingerprint density at radius 2 is 1.96 bits per heavy atom. The molecule has 2 N–H and O–H groups in total. The molecule has 0 fully saturated rings. The molecule has 28 heavy (non-hydrogen) atoms. The molecule has 0 bridgehead atoms. The van der Waals surface area contributed by atoms with Gasteiger partial charge in [0.05, 0.1) is 23.1 Å². The van der Waals surface area contributed by atoms with Crippen LogP contribution in [0.3, 0.4) is 0 Å². The van der Waals surface area contributed by atoms with Gasteiger partial charge in [0.2, 0.25) is 5.91 Å². The van der Waals surface area contributed by atoms with Crippen LogP contribution < -0.4 is 15.6 Å². The number of benzene rings is 2. The summed E-state index contributed by atoms with van der Waals surface area (Å²) in [4.78, 5) is 31.6. The van der Waals surface area contributed by atoms with E-state index in [4.69, 9.17) is 16.3 Å². The second-order valence-corrected chi connectivity index (χ2v) is 7.64.